The van der Waals surface area contributed by atoms with Crippen LogP contribution in [0.2, 0.25) is 0 Å². The molecule has 0 spiro atoms. The van der Waals surface area contributed by atoms with E-state index in [1.165, 1.54) is 13.8 Å². The van der Waals surface area contributed by atoms with E-state index < -0.39 is 0 Å². The molecule has 4 nitrogen and oxygen atoms in total. The Bertz CT molecular complexity index is 436. The lowest BCUT2D eigenvalue weighted by atomic mass is 10.1. The van der Waals surface area contributed by atoms with Crippen molar-refractivity contribution in [2.45, 2.75) is 39.0 Å². The van der Waals surface area contributed by atoms with E-state index in [-0.39, 0.29) is 23.8 Å². The lowest BCUT2D eigenvalue weighted by Crippen LogP contribution is -2.38. The molecule has 1 aliphatic heterocycles. The van der Waals surface area contributed by atoms with E-state index in [1.54, 1.807) is 4.90 Å². The van der Waals surface area contributed by atoms with Crippen molar-refractivity contribution in [3.63, 3.8) is 0 Å². The van der Waals surface area contributed by atoms with Gasteiger partial charge in [-0.1, -0.05) is 30.3 Å². The number of nitrogens with zero attached hydrogens (tertiary/aromatic N) is 1. The quantitative estimate of drug-likeness (QED) is 0.830. The summed E-state index contributed by atoms with van der Waals surface area (Å²) in [6.07, 6.45) is 0.542. The summed E-state index contributed by atoms with van der Waals surface area (Å²) in [4.78, 5) is 24.6. The third-order valence-corrected chi connectivity index (χ3v) is 3.46. The number of carbonyl (C=O) groups excluding carboxylic acids is 2. The van der Waals surface area contributed by atoms with Gasteiger partial charge in [-0.3, -0.25) is 9.59 Å². The predicted octanol–water partition coefficient (Wildman–Crippen LogP) is 1.78. The first-order chi connectivity index (χ1) is 9.08. The molecule has 0 radical (unpaired) electrons. The van der Waals surface area contributed by atoms with Gasteiger partial charge in [-0.15, -0.1) is 0 Å². The van der Waals surface area contributed by atoms with E-state index in [9.17, 15) is 9.59 Å². The van der Waals surface area contributed by atoms with Gasteiger partial charge in [0.2, 0.25) is 5.91 Å². The van der Waals surface area contributed by atoms with E-state index in [4.69, 9.17) is 4.74 Å². The first-order valence-electron chi connectivity index (χ1n) is 6.51. The van der Waals surface area contributed by atoms with Crippen LogP contribution >= 0.6 is 0 Å². The molecular weight excluding hydrogens is 242 g/mol. The Kier molecular flexibility index (Phi) is 4.32. The summed E-state index contributed by atoms with van der Waals surface area (Å²) in [5.74, 6) is -0.0352. The van der Waals surface area contributed by atoms with Gasteiger partial charge < -0.3 is 9.64 Å². The fourth-order valence-electron chi connectivity index (χ4n) is 2.44. The highest BCUT2D eigenvalue weighted by Gasteiger charge is 2.36. The molecule has 2 atom stereocenters. The number of ketones is 1. The monoisotopic (exact) mass is 261 g/mol. The lowest BCUT2D eigenvalue weighted by molar-refractivity contribution is -0.135. The number of Topliss-reactive ketones (excluding diaryl/α,β-unsaturated/α-hetero) is 1. The Morgan fingerprint density at radius 2 is 1.95 bits per heavy atom. The zero-order valence-electron chi connectivity index (χ0n) is 11.3. The Hall–Kier alpha value is -1.68. The summed E-state index contributed by atoms with van der Waals surface area (Å²) in [5.41, 5.74) is 1.10. The molecule has 19 heavy (non-hydrogen) atoms. The maximum Gasteiger partial charge on any atom is 0.220 e. The molecule has 2 rings (SSSR count). The van der Waals surface area contributed by atoms with Crippen molar-refractivity contribution in [3.05, 3.63) is 35.9 Å². The smallest absolute Gasteiger partial charge is 0.220 e. The predicted molar refractivity (Wildman–Crippen MR) is 71.5 cm³/mol. The Morgan fingerprint density at radius 3 is 2.47 bits per heavy atom. The van der Waals surface area contributed by atoms with Gasteiger partial charge in [0.15, 0.2) is 5.78 Å². The van der Waals surface area contributed by atoms with Crippen molar-refractivity contribution in [1.82, 2.24) is 4.90 Å². The second kappa shape index (κ2) is 5.97. The van der Waals surface area contributed by atoms with Gasteiger partial charge in [-0.25, -0.2) is 0 Å². The van der Waals surface area contributed by atoms with Gasteiger partial charge in [0.05, 0.1) is 18.8 Å². The third-order valence-electron chi connectivity index (χ3n) is 3.46. The van der Waals surface area contributed by atoms with Crippen LogP contribution in [0.4, 0.5) is 0 Å². The zero-order valence-corrected chi connectivity index (χ0v) is 11.3. The fraction of sp³-hybridized carbons (Fsp3) is 0.467. The SMILES string of the molecule is CC(=O)[C@@H]1C[C@@H](OCc2ccccc2)CN1C(C)=O. The molecule has 0 unspecified atom stereocenters. The average Bonchev–Trinajstić information content (AvgIpc) is 2.82. The number of amides is 1. The van der Waals surface area contributed by atoms with E-state index in [1.807, 2.05) is 30.3 Å². The molecule has 102 valence electrons. The van der Waals surface area contributed by atoms with Crippen LogP contribution in [0.15, 0.2) is 30.3 Å². The van der Waals surface area contributed by atoms with E-state index in [0.29, 0.717) is 19.6 Å². The highest BCUT2D eigenvalue weighted by atomic mass is 16.5. The largest absolute Gasteiger partial charge is 0.372 e. The molecule has 1 aliphatic rings. The van der Waals surface area contributed by atoms with Crippen LogP contribution in [-0.4, -0.2) is 35.3 Å². The second-order valence-electron chi connectivity index (χ2n) is 4.95. The number of benzene rings is 1. The van der Waals surface area contributed by atoms with E-state index >= 15 is 0 Å². The number of likely N-dealkylation sites (tertiary alicyclic amines) is 1. The van der Waals surface area contributed by atoms with Gasteiger partial charge in [-0.05, 0) is 12.5 Å². The minimum absolute atomic E-state index is 0.0287. The zero-order chi connectivity index (χ0) is 13.8. The number of ether oxygens (including phenoxy) is 1. The van der Waals surface area contributed by atoms with Crippen LogP contribution in [0.5, 0.6) is 0 Å². The summed E-state index contributed by atoms with van der Waals surface area (Å²) in [6, 6.07) is 9.57. The van der Waals surface area contributed by atoms with E-state index in [0.717, 1.165) is 5.56 Å². The van der Waals surface area contributed by atoms with Crippen LogP contribution < -0.4 is 0 Å². The molecule has 0 aromatic heterocycles. The summed E-state index contributed by atoms with van der Waals surface area (Å²) in [6.45, 7) is 4.05. The van der Waals surface area contributed by atoms with Crippen LogP contribution in [0.25, 0.3) is 0 Å². The lowest BCUT2D eigenvalue weighted by Gasteiger charge is -2.20. The van der Waals surface area contributed by atoms with Crippen LogP contribution in [0.1, 0.15) is 25.8 Å². The molecule has 1 aromatic rings. The first-order valence-corrected chi connectivity index (χ1v) is 6.51. The van der Waals surface area contributed by atoms with Crippen LogP contribution in [0.3, 0.4) is 0 Å². The summed E-state index contributed by atoms with van der Waals surface area (Å²) in [5, 5.41) is 0. The van der Waals surface area contributed by atoms with Crippen molar-refractivity contribution in [2.75, 3.05) is 6.54 Å². The Balaban J connectivity index is 1.93. The molecule has 1 heterocycles. The molecule has 1 saturated heterocycles. The maximum atomic E-state index is 11.5. The van der Waals surface area contributed by atoms with Gasteiger partial charge >= 0.3 is 0 Å². The van der Waals surface area contributed by atoms with Crippen LogP contribution in [0, 0.1) is 0 Å². The van der Waals surface area contributed by atoms with Crippen molar-refractivity contribution in [3.8, 4) is 0 Å². The third kappa shape index (κ3) is 3.41. The van der Waals surface area contributed by atoms with Gasteiger partial charge in [-0.2, -0.15) is 0 Å². The van der Waals surface area contributed by atoms with Crippen LogP contribution in [-0.2, 0) is 20.9 Å². The van der Waals surface area contributed by atoms with Gasteiger partial charge in [0, 0.05) is 19.9 Å². The Morgan fingerprint density at radius 1 is 1.26 bits per heavy atom. The van der Waals surface area contributed by atoms with Crippen molar-refractivity contribution >= 4 is 11.7 Å². The number of hydrogen-bond donors (Lipinski definition) is 0. The molecule has 0 saturated carbocycles. The van der Waals surface area contributed by atoms with E-state index in [2.05, 4.69) is 0 Å². The molecule has 1 fully saturated rings. The molecule has 4 heteroatoms. The second-order valence-corrected chi connectivity index (χ2v) is 4.95. The fourth-order valence-corrected chi connectivity index (χ4v) is 2.44. The molecule has 0 N–H and O–H groups in total. The highest BCUT2D eigenvalue weighted by molar-refractivity contribution is 5.87. The molecule has 0 aliphatic carbocycles. The van der Waals surface area contributed by atoms with Crippen molar-refractivity contribution < 1.29 is 14.3 Å². The topological polar surface area (TPSA) is 46.6 Å². The standard InChI is InChI=1S/C15H19NO3/c1-11(17)15-8-14(9-16(15)12(2)18)19-10-13-6-4-3-5-7-13/h3-7,14-15H,8-10H2,1-2H3/t14-,15+/m1/s1. The van der Waals surface area contributed by atoms with Crippen molar-refractivity contribution in [1.29, 1.82) is 0 Å². The van der Waals surface area contributed by atoms with Crippen molar-refractivity contribution in [2.24, 2.45) is 0 Å². The molecule has 0 bridgehead atoms. The maximum absolute atomic E-state index is 11.5. The average molecular weight is 261 g/mol. The normalized spacial score (nSPS) is 22.5. The summed E-state index contributed by atoms with van der Waals surface area (Å²) < 4.78 is 5.80. The summed E-state index contributed by atoms with van der Waals surface area (Å²) in [7, 11) is 0. The van der Waals surface area contributed by atoms with Gasteiger partial charge in [0.1, 0.15) is 0 Å². The molecule has 1 amide bonds. The number of rotatable bonds is 4. The molecular formula is C15H19NO3. The minimum atomic E-state index is -0.321. The Labute approximate surface area is 113 Å². The first kappa shape index (κ1) is 13.7. The van der Waals surface area contributed by atoms with Gasteiger partial charge in [0.25, 0.3) is 0 Å². The highest BCUT2D eigenvalue weighted by Crippen LogP contribution is 2.22. The number of carbonyl (C=O) groups is 2. The summed E-state index contributed by atoms with van der Waals surface area (Å²) >= 11 is 0. The minimum Gasteiger partial charge on any atom is -0.372 e. The molecule has 1 aromatic carbocycles. The number of hydrogen-bond acceptors (Lipinski definition) is 3.